The molecule has 0 fully saturated rings. The third-order valence-corrected chi connectivity index (χ3v) is 7.59. The Kier molecular flexibility index (Phi) is 7.42. The second kappa shape index (κ2) is 11.1. The molecule has 1 aromatic heterocycles. The molecule has 0 N–H and O–H groups in total. The van der Waals surface area contributed by atoms with Gasteiger partial charge >= 0.3 is 6.09 Å². The van der Waals surface area contributed by atoms with Crippen LogP contribution in [0, 0.1) is 0 Å². The Balaban J connectivity index is 1.58. The molecule has 0 bridgehead atoms. The van der Waals surface area contributed by atoms with Gasteiger partial charge in [0.25, 0.3) is 0 Å². The smallest absolute Gasteiger partial charge is 0.414 e. The summed E-state index contributed by atoms with van der Waals surface area (Å²) in [4.78, 5) is 15.3. The summed E-state index contributed by atoms with van der Waals surface area (Å²) in [5, 5.41) is 1.03. The average molecular weight is 532 g/mol. The second-order valence-corrected chi connectivity index (χ2v) is 9.87. The monoisotopic (exact) mass is 531 g/mol. The van der Waals surface area contributed by atoms with E-state index in [0.29, 0.717) is 36.8 Å². The first kappa shape index (κ1) is 25.5. The van der Waals surface area contributed by atoms with Crippen LogP contribution >= 0.6 is 11.3 Å². The zero-order chi connectivity index (χ0) is 26.6. The number of carbonyl (C=O) groups is 1. The van der Waals surface area contributed by atoms with Crippen molar-refractivity contribution >= 4 is 39.3 Å². The SMILES string of the molecule is COC(=O)N1CC=Cc2c1cc(OCc1ccccc1)c1sc(Cc3cc(OC)c(OC)c(OC)c3)cc21. The predicted octanol–water partition coefficient (Wildman–Crippen LogP) is 6.70. The van der Waals surface area contributed by atoms with Gasteiger partial charge in [-0.05, 0) is 29.3 Å². The quantitative estimate of drug-likeness (QED) is 0.252. The van der Waals surface area contributed by atoms with Crippen LogP contribution in [0.15, 0.2) is 60.7 Å². The van der Waals surface area contributed by atoms with Gasteiger partial charge in [0, 0.05) is 34.9 Å². The van der Waals surface area contributed by atoms with Gasteiger partial charge in [0.15, 0.2) is 11.5 Å². The molecule has 0 spiro atoms. The molecule has 2 heterocycles. The highest BCUT2D eigenvalue weighted by molar-refractivity contribution is 7.19. The molecule has 0 radical (unpaired) electrons. The number of hydrogen-bond acceptors (Lipinski definition) is 7. The molecule has 0 atom stereocenters. The first-order valence-electron chi connectivity index (χ1n) is 12.1. The topological polar surface area (TPSA) is 66.5 Å². The molecule has 0 unspecified atom stereocenters. The molecule has 0 saturated heterocycles. The lowest BCUT2D eigenvalue weighted by Crippen LogP contribution is -2.32. The highest BCUT2D eigenvalue weighted by Crippen LogP contribution is 2.45. The van der Waals surface area contributed by atoms with E-state index < -0.39 is 6.09 Å². The van der Waals surface area contributed by atoms with Crippen LogP contribution in [0.3, 0.4) is 0 Å². The fraction of sp³-hybridized carbons (Fsp3) is 0.233. The van der Waals surface area contributed by atoms with Gasteiger partial charge in [-0.2, -0.15) is 0 Å². The van der Waals surface area contributed by atoms with Gasteiger partial charge in [-0.15, -0.1) is 11.3 Å². The summed E-state index contributed by atoms with van der Waals surface area (Å²) in [6.07, 6.45) is 4.29. The number of hydrogen-bond donors (Lipinski definition) is 0. The minimum atomic E-state index is -0.406. The lowest BCUT2D eigenvalue weighted by atomic mass is 10.0. The first-order valence-corrected chi connectivity index (χ1v) is 12.9. The molecule has 7 nitrogen and oxygen atoms in total. The standard InChI is InChI=1S/C30H29NO6S/c1-33-25-14-20(15-26(34-2)28(25)35-3)13-21-16-23-22-11-8-12-31(30(32)36-4)24(22)17-27(29(23)38-21)37-18-19-9-6-5-7-10-19/h5-11,14-17H,12-13,18H2,1-4H3. The minimum absolute atomic E-state index is 0.406. The lowest BCUT2D eigenvalue weighted by Gasteiger charge is -2.26. The number of methoxy groups -OCH3 is 4. The Morgan fingerprint density at radius 2 is 1.63 bits per heavy atom. The highest BCUT2D eigenvalue weighted by atomic mass is 32.1. The summed E-state index contributed by atoms with van der Waals surface area (Å²) in [6, 6.07) is 18.1. The molecule has 38 heavy (non-hydrogen) atoms. The van der Waals surface area contributed by atoms with Crippen LogP contribution in [-0.4, -0.2) is 41.1 Å². The first-order chi connectivity index (χ1) is 18.6. The van der Waals surface area contributed by atoms with E-state index in [-0.39, 0.29) is 0 Å². The van der Waals surface area contributed by atoms with Gasteiger partial charge in [0.2, 0.25) is 5.75 Å². The van der Waals surface area contributed by atoms with E-state index in [2.05, 4.69) is 12.1 Å². The fourth-order valence-corrected chi connectivity index (χ4v) is 5.83. The molecule has 3 aromatic carbocycles. The van der Waals surface area contributed by atoms with Gasteiger partial charge < -0.3 is 23.7 Å². The number of carbonyl (C=O) groups excluding carboxylic acids is 1. The number of nitrogens with zero attached hydrogens (tertiary/aromatic N) is 1. The summed E-state index contributed by atoms with van der Waals surface area (Å²) >= 11 is 1.67. The third-order valence-electron chi connectivity index (χ3n) is 6.44. The Bertz CT molecular complexity index is 1470. The van der Waals surface area contributed by atoms with E-state index in [1.54, 1.807) is 37.6 Å². The van der Waals surface area contributed by atoms with Crippen LogP contribution < -0.4 is 23.8 Å². The number of amides is 1. The zero-order valence-electron chi connectivity index (χ0n) is 21.8. The van der Waals surface area contributed by atoms with Gasteiger partial charge in [-0.3, -0.25) is 4.90 Å². The van der Waals surface area contributed by atoms with Gasteiger partial charge in [0.05, 0.1) is 38.8 Å². The van der Waals surface area contributed by atoms with Crippen LogP contribution in [0.4, 0.5) is 10.5 Å². The summed E-state index contributed by atoms with van der Waals surface area (Å²) in [6.45, 7) is 0.856. The summed E-state index contributed by atoms with van der Waals surface area (Å²) in [5.41, 5.74) is 3.83. The second-order valence-electron chi connectivity index (χ2n) is 8.73. The summed E-state index contributed by atoms with van der Waals surface area (Å²) in [5.74, 6) is 2.52. The van der Waals surface area contributed by atoms with Gasteiger partial charge in [-0.25, -0.2) is 4.79 Å². The van der Waals surface area contributed by atoms with E-state index in [1.807, 2.05) is 54.6 Å². The number of thiophene rings is 1. The maximum atomic E-state index is 12.6. The molecule has 0 aliphatic carbocycles. The number of anilines is 1. The molecule has 1 amide bonds. The van der Waals surface area contributed by atoms with Gasteiger partial charge in [0.1, 0.15) is 12.4 Å². The minimum Gasteiger partial charge on any atom is -0.493 e. The Hall–Kier alpha value is -4.17. The highest BCUT2D eigenvalue weighted by Gasteiger charge is 2.25. The number of rotatable bonds is 8. The van der Waals surface area contributed by atoms with Crippen LogP contribution in [0.25, 0.3) is 16.2 Å². The van der Waals surface area contributed by atoms with Crippen molar-refractivity contribution in [1.82, 2.24) is 0 Å². The summed E-state index contributed by atoms with van der Waals surface area (Å²) in [7, 11) is 6.22. The van der Waals surface area contributed by atoms with E-state index in [0.717, 1.165) is 43.1 Å². The van der Waals surface area contributed by atoms with E-state index >= 15 is 0 Å². The molecule has 1 aliphatic rings. The van der Waals surface area contributed by atoms with Crippen molar-refractivity contribution in [2.45, 2.75) is 13.0 Å². The maximum absolute atomic E-state index is 12.6. The normalized spacial score (nSPS) is 12.3. The molecule has 8 heteroatoms. The van der Waals surface area contributed by atoms with Crippen molar-refractivity contribution in [2.75, 3.05) is 39.9 Å². The number of fused-ring (bicyclic) bond motifs is 3. The Morgan fingerprint density at radius 3 is 2.29 bits per heavy atom. The van der Waals surface area contributed by atoms with Crippen molar-refractivity contribution in [1.29, 1.82) is 0 Å². The van der Waals surface area contributed by atoms with Crippen molar-refractivity contribution < 1.29 is 28.5 Å². The number of benzene rings is 3. The van der Waals surface area contributed by atoms with E-state index in [9.17, 15) is 4.79 Å². The third kappa shape index (κ3) is 4.87. The molecule has 1 aliphatic heterocycles. The van der Waals surface area contributed by atoms with Crippen LogP contribution in [0.5, 0.6) is 23.0 Å². The Morgan fingerprint density at radius 1 is 0.895 bits per heavy atom. The van der Waals surface area contributed by atoms with Crippen molar-refractivity contribution in [3.8, 4) is 23.0 Å². The Labute approximate surface area is 225 Å². The van der Waals surface area contributed by atoms with Crippen LogP contribution in [-0.2, 0) is 17.8 Å². The molecular formula is C30H29NO6S. The molecule has 4 aromatic rings. The maximum Gasteiger partial charge on any atom is 0.414 e. The van der Waals surface area contributed by atoms with Crippen LogP contribution in [0.1, 0.15) is 21.6 Å². The molecule has 0 saturated carbocycles. The molecule has 196 valence electrons. The van der Waals surface area contributed by atoms with E-state index in [4.69, 9.17) is 23.7 Å². The largest absolute Gasteiger partial charge is 0.493 e. The summed E-state index contributed by atoms with van der Waals surface area (Å²) < 4.78 is 29.0. The van der Waals surface area contributed by atoms with Crippen molar-refractivity contribution in [3.05, 3.63) is 82.2 Å². The fourth-order valence-electron chi connectivity index (χ4n) is 4.65. The van der Waals surface area contributed by atoms with Crippen molar-refractivity contribution in [2.24, 2.45) is 0 Å². The average Bonchev–Trinajstić information content (AvgIpc) is 3.39. The number of ether oxygens (including phenoxy) is 5. The van der Waals surface area contributed by atoms with Crippen molar-refractivity contribution in [3.63, 3.8) is 0 Å². The molecular weight excluding hydrogens is 502 g/mol. The zero-order valence-corrected chi connectivity index (χ0v) is 22.6. The predicted molar refractivity (Wildman–Crippen MR) is 150 cm³/mol. The lowest BCUT2D eigenvalue weighted by molar-refractivity contribution is 0.179. The molecule has 5 rings (SSSR count). The van der Waals surface area contributed by atoms with Crippen LogP contribution in [0.2, 0.25) is 0 Å². The van der Waals surface area contributed by atoms with E-state index in [1.165, 1.54) is 7.11 Å². The van der Waals surface area contributed by atoms with Gasteiger partial charge in [-0.1, -0.05) is 42.5 Å².